The highest BCUT2D eigenvalue weighted by Crippen LogP contribution is 2.06. The zero-order valence-corrected chi connectivity index (χ0v) is 7.68. The predicted molar refractivity (Wildman–Crippen MR) is 48.9 cm³/mol. The van der Waals surface area contributed by atoms with Gasteiger partial charge in [-0.2, -0.15) is 5.26 Å². The monoisotopic (exact) mass is 205 g/mol. The second-order valence-electron chi connectivity index (χ2n) is 2.47. The van der Waals surface area contributed by atoms with Gasteiger partial charge in [0.25, 0.3) is 0 Å². The van der Waals surface area contributed by atoms with Gasteiger partial charge in [-0.25, -0.2) is 14.6 Å². The van der Waals surface area contributed by atoms with E-state index in [1.54, 1.807) is 12.1 Å². The van der Waals surface area contributed by atoms with E-state index < -0.39 is 0 Å². The smallest absolute Gasteiger partial charge is 0.237 e. The lowest BCUT2D eigenvalue weighted by atomic mass is 10.3. The molecule has 0 unspecified atom stereocenters. The number of nitriles is 1. The third kappa shape index (κ3) is 1.56. The van der Waals surface area contributed by atoms with Crippen LogP contribution in [0.3, 0.4) is 0 Å². The van der Waals surface area contributed by atoms with E-state index >= 15 is 0 Å². The van der Waals surface area contributed by atoms with Gasteiger partial charge in [0, 0.05) is 12.3 Å². The SMILES string of the molecule is N#Cc1ccnc(-n2cnc(Cl)n2)c1. The average Bonchev–Trinajstić information content (AvgIpc) is 2.65. The number of halogens is 1. The molecule has 2 aromatic heterocycles. The zero-order valence-electron chi connectivity index (χ0n) is 6.92. The fourth-order valence-electron chi connectivity index (χ4n) is 0.966. The Bertz CT molecular complexity index is 498. The summed E-state index contributed by atoms with van der Waals surface area (Å²) in [6, 6.07) is 5.22. The molecule has 0 saturated carbocycles. The van der Waals surface area contributed by atoms with Gasteiger partial charge >= 0.3 is 0 Å². The first-order valence-corrected chi connectivity index (χ1v) is 4.11. The van der Waals surface area contributed by atoms with Gasteiger partial charge in [0.1, 0.15) is 6.33 Å². The average molecular weight is 206 g/mol. The lowest BCUT2D eigenvalue weighted by Crippen LogP contribution is -1.97. The summed E-state index contributed by atoms with van der Waals surface area (Å²) in [6.07, 6.45) is 2.97. The maximum absolute atomic E-state index is 8.67. The van der Waals surface area contributed by atoms with E-state index in [2.05, 4.69) is 15.1 Å². The summed E-state index contributed by atoms with van der Waals surface area (Å²) in [5.74, 6) is 0.517. The highest BCUT2D eigenvalue weighted by Gasteiger charge is 2.01. The van der Waals surface area contributed by atoms with Gasteiger partial charge in [-0.05, 0) is 17.7 Å². The van der Waals surface area contributed by atoms with Crippen molar-refractivity contribution in [3.05, 3.63) is 35.5 Å². The Morgan fingerprint density at radius 1 is 1.43 bits per heavy atom. The minimum atomic E-state index is 0.147. The molecule has 0 aliphatic rings. The third-order valence-electron chi connectivity index (χ3n) is 1.57. The molecule has 0 N–H and O–H groups in total. The minimum Gasteiger partial charge on any atom is -0.237 e. The molecule has 0 saturated heterocycles. The predicted octanol–water partition coefficient (Wildman–Crippen LogP) is 1.19. The first-order chi connectivity index (χ1) is 6.79. The summed E-state index contributed by atoms with van der Waals surface area (Å²) in [5.41, 5.74) is 0.515. The summed E-state index contributed by atoms with van der Waals surface area (Å²) in [6.45, 7) is 0. The zero-order chi connectivity index (χ0) is 9.97. The van der Waals surface area contributed by atoms with Gasteiger partial charge in [0.05, 0.1) is 11.6 Å². The van der Waals surface area contributed by atoms with Crippen molar-refractivity contribution < 1.29 is 0 Å². The van der Waals surface area contributed by atoms with Gasteiger partial charge in [-0.15, -0.1) is 5.10 Å². The number of hydrogen-bond acceptors (Lipinski definition) is 4. The fourth-order valence-corrected chi connectivity index (χ4v) is 1.09. The van der Waals surface area contributed by atoms with Crippen LogP contribution in [0.25, 0.3) is 5.82 Å². The van der Waals surface area contributed by atoms with E-state index in [1.807, 2.05) is 6.07 Å². The number of pyridine rings is 1. The van der Waals surface area contributed by atoms with Crippen LogP contribution < -0.4 is 0 Å². The number of nitrogens with zero attached hydrogens (tertiary/aromatic N) is 5. The van der Waals surface area contributed by atoms with Gasteiger partial charge in [0.2, 0.25) is 5.28 Å². The largest absolute Gasteiger partial charge is 0.242 e. The number of rotatable bonds is 1. The van der Waals surface area contributed by atoms with E-state index in [9.17, 15) is 0 Å². The van der Waals surface area contributed by atoms with Crippen LogP contribution in [0.15, 0.2) is 24.7 Å². The lowest BCUT2D eigenvalue weighted by Gasteiger charge is -1.97. The summed E-state index contributed by atoms with van der Waals surface area (Å²) in [7, 11) is 0. The van der Waals surface area contributed by atoms with Crippen molar-refractivity contribution in [2.75, 3.05) is 0 Å². The molecule has 6 heteroatoms. The van der Waals surface area contributed by atoms with Crippen molar-refractivity contribution in [2.45, 2.75) is 0 Å². The molecule has 68 valence electrons. The molecule has 0 radical (unpaired) electrons. The summed E-state index contributed by atoms with van der Waals surface area (Å²) >= 11 is 5.55. The molecule has 0 aliphatic heterocycles. The van der Waals surface area contributed by atoms with Crippen LogP contribution in [0.5, 0.6) is 0 Å². The Labute approximate surface area is 84.6 Å². The summed E-state index contributed by atoms with van der Waals surface area (Å²) in [4.78, 5) is 7.76. The van der Waals surface area contributed by atoms with Crippen LogP contribution in [0.2, 0.25) is 5.28 Å². The van der Waals surface area contributed by atoms with Crippen molar-refractivity contribution in [3.8, 4) is 11.9 Å². The molecule has 0 atom stereocenters. The number of hydrogen-bond donors (Lipinski definition) is 0. The second-order valence-corrected chi connectivity index (χ2v) is 2.81. The normalized spacial score (nSPS) is 9.71. The van der Waals surface area contributed by atoms with Gasteiger partial charge < -0.3 is 0 Å². The first kappa shape index (κ1) is 8.66. The molecular weight excluding hydrogens is 202 g/mol. The number of aromatic nitrogens is 4. The maximum atomic E-state index is 8.67. The first-order valence-electron chi connectivity index (χ1n) is 3.73. The summed E-state index contributed by atoms with van der Waals surface area (Å²) in [5, 5.41) is 12.7. The van der Waals surface area contributed by atoms with Crippen molar-refractivity contribution in [3.63, 3.8) is 0 Å². The van der Waals surface area contributed by atoms with Gasteiger partial charge in [-0.1, -0.05) is 0 Å². The fraction of sp³-hybridized carbons (Fsp3) is 0. The molecule has 0 aromatic carbocycles. The van der Waals surface area contributed by atoms with E-state index in [0.29, 0.717) is 11.4 Å². The van der Waals surface area contributed by atoms with E-state index in [0.717, 1.165) is 0 Å². The third-order valence-corrected chi connectivity index (χ3v) is 1.75. The minimum absolute atomic E-state index is 0.147. The Kier molecular flexibility index (Phi) is 2.13. The maximum Gasteiger partial charge on any atom is 0.242 e. The van der Waals surface area contributed by atoms with Crippen LogP contribution in [-0.4, -0.2) is 19.7 Å². The van der Waals surface area contributed by atoms with Gasteiger partial charge in [-0.3, -0.25) is 0 Å². The van der Waals surface area contributed by atoms with Crippen LogP contribution in [0.1, 0.15) is 5.56 Å². The van der Waals surface area contributed by atoms with Crippen LogP contribution >= 0.6 is 11.6 Å². The molecule has 0 aliphatic carbocycles. The quantitative estimate of drug-likeness (QED) is 0.701. The van der Waals surface area contributed by atoms with Crippen LogP contribution in [-0.2, 0) is 0 Å². The van der Waals surface area contributed by atoms with Crippen molar-refractivity contribution in [2.24, 2.45) is 0 Å². The summed E-state index contributed by atoms with van der Waals surface area (Å²) < 4.78 is 1.41. The molecule has 2 heterocycles. The molecule has 14 heavy (non-hydrogen) atoms. The second kappa shape index (κ2) is 3.44. The Morgan fingerprint density at radius 2 is 2.29 bits per heavy atom. The van der Waals surface area contributed by atoms with Crippen molar-refractivity contribution in [1.82, 2.24) is 19.7 Å². The molecule has 2 rings (SSSR count). The Hall–Kier alpha value is -1.93. The lowest BCUT2D eigenvalue weighted by molar-refractivity contribution is 0.845. The van der Waals surface area contributed by atoms with Crippen molar-refractivity contribution in [1.29, 1.82) is 5.26 Å². The van der Waals surface area contributed by atoms with Crippen LogP contribution in [0.4, 0.5) is 0 Å². The molecule has 2 aromatic rings. The van der Waals surface area contributed by atoms with Crippen molar-refractivity contribution >= 4 is 11.6 Å². The van der Waals surface area contributed by atoms with E-state index in [-0.39, 0.29) is 5.28 Å². The molecule has 5 nitrogen and oxygen atoms in total. The molecule has 0 amide bonds. The molecule has 0 spiro atoms. The molecule has 0 fully saturated rings. The Balaban J connectivity index is 2.47. The topological polar surface area (TPSA) is 67.4 Å². The van der Waals surface area contributed by atoms with Crippen LogP contribution in [0, 0.1) is 11.3 Å². The highest BCUT2D eigenvalue weighted by atomic mass is 35.5. The highest BCUT2D eigenvalue weighted by molar-refractivity contribution is 6.28. The van der Waals surface area contributed by atoms with Gasteiger partial charge in [0.15, 0.2) is 5.82 Å². The Morgan fingerprint density at radius 3 is 2.93 bits per heavy atom. The standard InChI is InChI=1S/C8H4ClN5/c9-8-12-5-14(13-8)7-3-6(4-10)1-2-11-7/h1-3,5H. The molecule has 0 bridgehead atoms. The molecular formula is C8H4ClN5. The van der Waals surface area contributed by atoms with E-state index in [4.69, 9.17) is 16.9 Å². The van der Waals surface area contributed by atoms with E-state index in [1.165, 1.54) is 17.2 Å².